The Morgan fingerprint density at radius 3 is 2.55 bits per heavy atom. The summed E-state index contributed by atoms with van der Waals surface area (Å²) in [5.41, 5.74) is 1.23. The maximum atomic E-state index is 5.86. The standard InChI is InChI=1S/C15H23IN2O.ClH/c1-13-12-14(16)4-5-15(13)19-11-3-6-18-9-7-17(2)8-10-18;/h4-5,12H,3,6-11H2,1-2H3;1H. The van der Waals surface area contributed by atoms with Crippen LogP contribution in [0.3, 0.4) is 0 Å². The van der Waals surface area contributed by atoms with Gasteiger partial charge in [0.05, 0.1) is 6.61 Å². The molecule has 0 N–H and O–H groups in total. The number of hydrogen-bond donors (Lipinski definition) is 0. The minimum atomic E-state index is 0. The van der Waals surface area contributed by atoms with Crippen LogP contribution in [0, 0.1) is 10.5 Å². The van der Waals surface area contributed by atoms with Crippen molar-refractivity contribution in [1.29, 1.82) is 0 Å². The van der Waals surface area contributed by atoms with Gasteiger partial charge in [-0.25, -0.2) is 0 Å². The van der Waals surface area contributed by atoms with Gasteiger partial charge >= 0.3 is 0 Å². The first kappa shape index (κ1) is 18.0. The Hall–Kier alpha value is -0.0400. The SMILES string of the molecule is Cc1cc(I)ccc1OCCCN1CCN(C)CC1.Cl. The van der Waals surface area contributed by atoms with Gasteiger partial charge in [0.15, 0.2) is 0 Å². The van der Waals surface area contributed by atoms with Gasteiger partial charge in [0.2, 0.25) is 0 Å². The zero-order chi connectivity index (χ0) is 13.7. The van der Waals surface area contributed by atoms with Gasteiger partial charge in [0.1, 0.15) is 5.75 Å². The first-order valence-electron chi connectivity index (χ1n) is 6.95. The van der Waals surface area contributed by atoms with Gasteiger partial charge < -0.3 is 14.5 Å². The lowest BCUT2D eigenvalue weighted by molar-refractivity contribution is 0.145. The van der Waals surface area contributed by atoms with Gasteiger partial charge in [-0.1, -0.05) is 0 Å². The highest BCUT2D eigenvalue weighted by atomic mass is 127. The monoisotopic (exact) mass is 410 g/mol. The quantitative estimate of drug-likeness (QED) is 0.548. The molecular formula is C15H24ClIN2O. The zero-order valence-electron chi connectivity index (χ0n) is 12.3. The predicted octanol–water partition coefficient (Wildman–Crippen LogP) is 3.04. The molecule has 20 heavy (non-hydrogen) atoms. The molecule has 0 aromatic heterocycles. The molecule has 1 aliphatic heterocycles. The van der Waals surface area contributed by atoms with Crippen molar-refractivity contribution >= 4 is 35.0 Å². The number of piperazine rings is 1. The Labute approximate surface area is 142 Å². The van der Waals surface area contributed by atoms with Crippen molar-refractivity contribution in [2.24, 2.45) is 0 Å². The number of aryl methyl sites for hydroxylation is 1. The second kappa shape index (κ2) is 9.07. The Bertz CT molecular complexity index is 409. The fourth-order valence-corrected chi connectivity index (χ4v) is 2.96. The summed E-state index contributed by atoms with van der Waals surface area (Å²) in [5.74, 6) is 1.03. The second-order valence-electron chi connectivity index (χ2n) is 5.26. The van der Waals surface area contributed by atoms with Crippen molar-refractivity contribution in [1.82, 2.24) is 9.80 Å². The van der Waals surface area contributed by atoms with Crippen LogP contribution in [0.4, 0.5) is 0 Å². The fraction of sp³-hybridized carbons (Fsp3) is 0.600. The highest BCUT2D eigenvalue weighted by Crippen LogP contribution is 2.20. The lowest BCUT2D eigenvalue weighted by atomic mass is 10.2. The average Bonchev–Trinajstić information content (AvgIpc) is 2.39. The molecule has 0 radical (unpaired) electrons. The second-order valence-corrected chi connectivity index (χ2v) is 6.50. The van der Waals surface area contributed by atoms with E-state index < -0.39 is 0 Å². The maximum absolute atomic E-state index is 5.86. The molecule has 1 fully saturated rings. The molecular weight excluding hydrogens is 387 g/mol. The lowest BCUT2D eigenvalue weighted by Gasteiger charge is -2.32. The first-order valence-corrected chi connectivity index (χ1v) is 8.03. The zero-order valence-corrected chi connectivity index (χ0v) is 15.2. The molecule has 1 aliphatic rings. The minimum absolute atomic E-state index is 0. The molecule has 2 rings (SSSR count). The normalized spacial score (nSPS) is 16.8. The first-order chi connectivity index (χ1) is 9.15. The van der Waals surface area contributed by atoms with Gasteiger partial charge in [-0.05, 0) is 66.7 Å². The summed E-state index contributed by atoms with van der Waals surface area (Å²) in [7, 11) is 2.19. The molecule has 0 saturated carbocycles. The summed E-state index contributed by atoms with van der Waals surface area (Å²) in [6, 6.07) is 6.34. The van der Waals surface area contributed by atoms with Crippen molar-refractivity contribution in [3.8, 4) is 5.75 Å². The van der Waals surface area contributed by atoms with Crippen LogP contribution in [0.2, 0.25) is 0 Å². The van der Waals surface area contributed by atoms with E-state index in [4.69, 9.17) is 4.74 Å². The van der Waals surface area contributed by atoms with E-state index in [2.05, 4.69) is 64.6 Å². The highest BCUT2D eigenvalue weighted by molar-refractivity contribution is 14.1. The Balaban J connectivity index is 0.00000200. The molecule has 0 amide bonds. The molecule has 114 valence electrons. The van der Waals surface area contributed by atoms with Crippen LogP contribution in [-0.4, -0.2) is 56.2 Å². The van der Waals surface area contributed by atoms with Crippen LogP contribution in [0.25, 0.3) is 0 Å². The van der Waals surface area contributed by atoms with Gasteiger partial charge in [0.25, 0.3) is 0 Å². The number of benzene rings is 1. The largest absolute Gasteiger partial charge is 0.493 e. The van der Waals surface area contributed by atoms with E-state index in [1.807, 2.05) is 0 Å². The molecule has 0 aliphatic carbocycles. The number of likely N-dealkylation sites (N-methyl/N-ethyl adjacent to an activating group) is 1. The van der Waals surface area contributed by atoms with Crippen LogP contribution >= 0.6 is 35.0 Å². The van der Waals surface area contributed by atoms with E-state index in [1.54, 1.807) is 0 Å². The fourth-order valence-electron chi connectivity index (χ4n) is 2.32. The lowest BCUT2D eigenvalue weighted by Crippen LogP contribution is -2.44. The molecule has 0 atom stereocenters. The van der Waals surface area contributed by atoms with Gasteiger partial charge in [0, 0.05) is 36.3 Å². The molecule has 0 spiro atoms. The van der Waals surface area contributed by atoms with E-state index in [-0.39, 0.29) is 12.4 Å². The smallest absolute Gasteiger partial charge is 0.122 e. The highest BCUT2D eigenvalue weighted by Gasteiger charge is 2.12. The summed E-state index contributed by atoms with van der Waals surface area (Å²) >= 11 is 2.33. The average molecular weight is 411 g/mol. The molecule has 0 bridgehead atoms. The Morgan fingerprint density at radius 1 is 1.20 bits per heavy atom. The summed E-state index contributed by atoms with van der Waals surface area (Å²) in [6.45, 7) is 8.84. The molecule has 0 unspecified atom stereocenters. The topological polar surface area (TPSA) is 15.7 Å². The minimum Gasteiger partial charge on any atom is -0.493 e. The maximum Gasteiger partial charge on any atom is 0.122 e. The van der Waals surface area contributed by atoms with Crippen LogP contribution in [0.5, 0.6) is 5.75 Å². The van der Waals surface area contributed by atoms with E-state index in [0.29, 0.717) is 0 Å². The summed E-state index contributed by atoms with van der Waals surface area (Å²) in [4.78, 5) is 4.92. The van der Waals surface area contributed by atoms with E-state index in [0.717, 1.165) is 25.3 Å². The third kappa shape index (κ3) is 5.76. The van der Waals surface area contributed by atoms with Crippen LogP contribution in [0.15, 0.2) is 18.2 Å². The number of nitrogens with zero attached hydrogens (tertiary/aromatic N) is 2. The number of halogens is 2. The van der Waals surface area contributed by atoms with Crippen molar-refractivity contribution < 1.29 is 4.74 Å². The Kier molecular flexibility index (Phi) is 8.17. The van der Waals surface area contributed by atoms with Gasteiger partial charge in [-0.2, -0.15) is 0 Å². The molecule has 3 nitrogen and oxygen atoms in total. The van der Waals surface area contributed by atoms with Crippen molar-refractivity contribution in [2.75, 3.05) is 46.4 Å². The molecule has 1 aromatic carbocycles. The third-order valence-corrected chi connectivity index (χ3v) is 4.28. The van der Waals surface area contributed by atoms with Gasteiger partial charge in [-0.15, -0.1) is 12.4 Å². The summed E-state index contributed by atoms with van der Waals surface area (Å²) in [5, 5.41) is 0. The summed E-state index contributed by atoms with van der Waals surface area (Å²) in [6.07, 6.45) is 1.11. The molecule has 1 heterocycles. The van der Waals surface area contributed by atoms with Crippen molar-refractivity contribution in [2.45, 2.75) is 13.3 Å². The summed E-state index contributed by atoms with van der Waals surface area (Å²) < 4.78 is 7.13. The van der Waals surface area contributed by atoms with Crippen LogP contribution < -0.4 is 4.74 Å². The van der Waals surface area contributed by atoms with Crippen LogP contribution in [-0.2, 0) is 0 Å². The molecule has 1 aromatic rings. The van der Waals surface area contributed by atoms with E-state index in [9.17, 15) is 0 Å². The van der Waals surface area contributed by atoms with E-state index in [1.165, 1.54) is 35.3 Å². The van der Waals surface area contributed by atoms with Gasteiger partial charge in [-0.3, -0.25) is 0 Å². The van der Waals surface area contributed by atoms with Crippen LogP contribution in [0.1, 0.15) is 12.0 Å². The Morgan fingerprint density at radius 2 is 1.90 bits per heavy atom. The number of rotatable bonds is 5. The molecule has 5 heteroatoms. The number of hydrogen-bond acceptors (Lipinski definition) is 3. The van der Waals surface area contributed by atoms with Crippen molar-refractivity contribution in [3.05, 3.63) is 27.3 Å². The third-order valence-electron chi connectivity index (χ3n) is 3.61. The number of ether oxygens (including phenoxy) is 1. The predicted molar refractivity (Wildman–Crippen MR) is 95.2 cm³/mol. The van der Waals surface area contributed by atoms with E-state index >= 15 is 0 Å². The van der Waals surface area contributed by atoms with Crippen molar-refractivity contribution in [3.63, 3.8) is 0 Å². The molecule has 1 saturated heterocycles.